The predicted molar refractivity (Wildman–Crippen MR) is 143 cm³/mol. The Morgan fingerprint density at radius 2 is 0.735 bits per heavy atom. The molecule has 34 heavy (non-hydrogen) atoms. The van der Waals surface area contributed by atoms with Gasteiger partial charge in [-0.25, -0.2) is 0 Å². The molecule has 0 fully saturated rings. The van der Waals surface area contributed by atoms with Crippen molar-refractivity contribution in [3.63, 3.8) is 0 Å². The third-order valence-electron chi connectivity index (χ3n) is 6.41. The monoisotopic (exact) mass is 568 g/mol. The molecule has 0 radical (unpaired) electrons. The van der Waals surface area contributed by atoms with Crippen LogP contribution >= 0.6 is 0 Å². The van der Waals surface area contributed by atoms with E-state index in [0.29, 0.717) is 0 Å². The molecular formula is C30H39O3Sb. The second-order valence-electron chi connectivity index (χ2n) is 8.30. The van der Waals surface area contributed by atoms with Gasteiger partial charge in [0.05, 0.1) is 0 Å². The van der Waals surface area contributed by atoms with E-state index in [1.807, 2.05) is 0 Å². The van der Waals surface area contributed by atoms with Crippen molar-refractivity contribution < 1.29 is 9.05 Å². The Kier molecular flexibility index (Phi) is 10.2. The fraction of sp³-hybridized carbons (Fsp3) is 0.400. The van der Waals surface area contributed by atoms with E-state index >= 15 is 0 Å². The summed E-state index contributed by atoms with van der Waals surface area (Å²) in [6, 6.07) is 19.0. The number of hydrogen-bond donors (Lipinski definition) is 0. The van der Waals surface area contributed by atoms with Gasteiger partial charge in [-0.05, 0) is 0 Å². The number of benzene rings is 3. The molecule has 0 aliphatic rings. The molecule has 0 saturated carbocycles. The first kappa shape index (κ1) is 26.5. The fourth-order valence-corrected chi connectivity index (χ4v) is 7.74. The van der Waals surface area contributed by atoms with Crippen LogP contribution in [0, 0.1) is 0 Å². The summed E-state index contributed by atoms with van der Waals surface area (Å²) in [6.07, 6.45) is 5.71. The average Bonchev–Trinajstić information content (AvgIpc) is 2.87. The van der Waals surface area contributed by atoms with E-state index in [0.717, 1.165) is 55.8 Å². The van der Waals surface area contributed by atoms with Gasteiger partial charge >= 0.3 is 216 Å². The second kappa shape index (κ2) is 13.1. The van der Waals surface area contributed by atoms with Crippen LogP contribution in [0.3, 0.4) is 0 Å². The summed E-state index contributed by atoms with van der Waals surface area (Å²) in [4.78, 5) is 0. The van der Waals surface area contributed by atoms with Gasteiger partial charge in [0.15, 0.2) is 0 Å². The first-order valence-electron chi connectivity index (χ1n) is 12.8. The fourth-order valence-electron chi connectivity index (χ4n) is 4.58. The Bertz CT molecular complexity index is 940. The minimum absolute atomic E-state index is 0.902. The average molecular weight is 569 g/mol. The van der Waals surface area contributed by atoms with E-state index in [4.69, 9.17) is 9.05 Å². The summed E-state index contributed by atoms with van der Waals surface area (Å²) in [5.74, 6) is 2.71. The summed E-state index contributed by atoms with van der Waals surface area (Å²) < 4.78 is 20.0. The molecule has 0 bridgehead atoms. The van der Waals surface area contributed by atoms with E-state index in [1.165, 1.54) is 33.4 Å². The molecule has 3 aromatic carbocycles. The van der Waals surface area contributed by atoms with Gasteiger partial charge in [-0.2, -0.15) is 0 Å². The Morgan fingerprint density at radius 3 is 0.971 bits per heavy atom. The van der Waals surface area contributed by atoms with Gasteiger partial charge in [0, 0.05) is 0 Å². The number of rotatable bonds is 12. The zero-order valence-electron chi connectivity index (χ0n) is 21.6. The van der Waals surface area contributed by atoms with E-state index in [2.05, 4.69) is 96.1 Å². The van der Waals surface area contributed by atoms with Gasteiger partial charge in [0.1, 0.15) is 0 Å². The normalized spacial score (nSPS) is 11.0. The van der Waals surface area contributed by atoms with Crippen LogP contribution in [0.5, 0.6) is 17.2 Å². The number of aryl methyl sites for hydroxylation is 3. The maximum absolute atomic E-state index is 6.67. The topological polar surface area (TPSA) is 27.7 Å². The summed E-state index contributed by atoms with van der Waals surface area (Å²) in [5.41, 5.74) is 7.73. The molecule has 4 heteroatoms. The van der Waals surface area contributed by atoms with Crippen molar-refractivity contribution >= 4 is 21.5 Å². The summed E-state index contributed by atoms with van der Waals surface area (Å²) in [5, 5.41) is 0. The van der Waals surface area contributed by atoms with E-state index in [-0.39, 0.29) is 0 Å². The van der Waals surface area contributed by atoms with Crippen LogP contribution in [0.25, 0.3) is 0 Å². The zero-order chi connectivity index (χ0) is 24.5. The molecule has 0 atom stereocenters. The summed E-state index contributed by atoms with van der Waals surface area (Å²) >= 11 is -3.19. The quantitative estimate of drug-likeness (QED) is 0.211. The van der Waals surface area contributed by atoms with Crippen molar-refractivity contribution in [2.75, 3.05) is 0 Å². The molecule has 0 saturated heterocycles. The first-order chi connectivity index (χ1) is 16.6. The molecule has 0 aliphatic carbocycles. The van der Waals surface area contributed by atoms with Crippen LogP contribution in [-0.2, 0) is 38.5 Å². The standard InChI is InChI=1S/3C10H14O.Sb/c3*1-3-8-6-5-7-10(11)9(8)4-2;/h3*5-7,11H,3-4H2,1-2H3;/q;;;+3/p-3. The molecule has 3 rings (SSSR count). The Balaban J connectivity index is 2.03. The van der Waals surface area contributed by atoms with E-state index in [9.17, 15) is 0 Å². The molecular weight excluding hydrogens is 530 g/mol. The van der Waals surface area contributed by atoms with Crippen LogP contribution in [0.15, 0.2) is 54.6 Å². The SMILES string of the molecule is CCc1cccc([O][Sb]([O]c2cccc(CC)c2CC)[O]c2cccc(CC)c2CC)c1CC. The Hall–Kier alpha value is -2.12. The first-order valence-corrected chi connectivity index (χ1v) is 15.9. The van der Waals surface area contributed by atoms with Gasteiger partial charge < -0.3 is 0 Å². The molecule has 0 aliphatic heterocycles. The van der Waals surface area contributed by atoms with Gasteiger partial charge in [0.2, 0.25) is 0 Å². The molecule has 182 valence electrons. The Morgan fingerprint density at radius 1 is 0.441 bits per heavy atom. The third-order valence-corrected chi connectivity index (χ3v) is 9.37. The van der Waals surface area contributed by atoms with Crippen LogP contribution in [-0.4, -0.2) is 21.5 Å². The molecule has 0 heterocycles. The van der Waals surface area contributed by atoms with Crippen molar-refractivity contribution in [2.45, 2.75) is 80.1 Å². The third kappa shape index (κ3) is 6.11. The van der Waals surface area contributed by atoms with E-state index < -0.39 is 21.5 Å². The van der Waals surface area contributed by atoms with Crippen molar-refractivity contribution in [2.24, 2.45) is 0 Å². The zero-order valence-corrected chi connectivity index (χ0v) is 24.2. The number of hydrogen-bond acceptors (Lipinski definition) is 3. The molecule has 0 spiro atoms. The van der Waals surface area contributed by atoms with Crippen LogP contribution in [0.2, 0.25) is 0 Å². The van der Waals surface area contributed by atoms with E-state index in [1.54, 1.807) is 0 Å². The molecule has 0 N–H and O–H groups in total. The van der Waals surface area contributed by atoms with Crippen molar-refractivity contribution in [3.05, 3.63) is 88.0 Å². The molecule has 3 aromatic rings. The van der Waals surface area contributed by atoms with Crippen molar-refractivity contribution in [1.82, 2.24) is 0 Å². The van der Waals surface area contributed by atoms with Crippen LogP contribution < -0.4 is 9.05 Å². The molecule has 0 unspecified atom stereocenters. The van der Waals surface area contributed by atoms with Gasteiger partial charge in [-0.15, -0.1) is 0 Å². The Labute approximate surface area is 215 Å². The van der Waals surface area contributed by atoms with Gasteiger partial charge in [0.25, 0.3) is 0 Å². The van der Waals surface area contributed by atoms with Gasteiger partial charge in [-0.1, -0.05) is 0 Å². The van der Waals surface area contributed by atoms with Gasteiger partial charge in [-0.3, -0.25) is 0 Å². The van der Waals surface area contributed by atoms with Crippen LogP contribution in [0.4, 0.5) is 0 Å². The van der Waals surface area contributed by atoms with Crippen molar-refractivity contribution in [3.8, 4) is 17.2 Å². The summed E-state index contributed by atoms with van der Waals surface area (Å²) in [6.45, 7) is 13.1. The summed E-state index contributed by atoms with van der Waals surface area (Å²) in [7, 11) is 0. The molecule has 3 nitrogen and oxygen atoms in total. The second-order valence-corrected chi connectivity index (χ2v) is 11.1. The molecule has 0 aromatic heterocycles. The molecule has 0 amide bonds. The van der Waals surface area contributed by atoms with Crippen LogP contribution in [0.1, 0.15) is 74.9 Å². The minimum atomic E-state index is -3.19. The predicted octanol–water partition coefficient (Wildman–Crippen LogP) is 7.58. The van der Waals surface area contributed by atoms with Crippen molar-refractivity contribution in [1.29, 1.82) is 0 Å². The maximum atomic E-state index is 6.67.